The summed E-state index contributed by atoms with van der Waals surface area (Å²) < 4.78 is 0. The number of rotatable bonds is 1. The highest BCUT2D eigenvalue weighted by atomic mass is 16.1. The first-order valence-corrected chi connectivity index (χ1v) is 9.05. The fraction of sp³-hybridized carbons (Fsp3) is 0.375. The normalized spacial score (nSPS) is 16.4. The Balaban J connectivity index is 2.15. The lowest BCUT2D eigenvalue weighted by Gasteiger charge is -2.27. The maximum Gasteiger partial charge on any atom is 0.189 e. The molecule has 2 aromatic rings. The van der Waals surface area contributed by atoms with Crippen molar-refractivity contribution in [3.05, 3.63) is 75.9 Å². The van der Waals surface area contributed by atoms with Crippen LogP contribution in [-0.4, -0.2) is 5.78 Å². The van der Waals surface area contributed by atoms with Gasteiger partial charge in [0.25, 0.3) is 0 Å². The molecule has 0 heterocycles. The SMILES string of the molecule is CC(C)(C)c1cc2c(c(C(C)(C)C)c1)C(=O)/C(=C/c1ccccc1)C2. The highest BCUT2D eigenvalue weighted by Gasteiger charge is 2.33. The van der Waals surface area contributed by atoms with Gasteiger partial charge in [0, 0.05) is 17.6 Å². The lowest BCUT2D eigenvalue weighted by Crippen LogP contribution is -2.20. The molecule has 0 N–H and O–H groups in total. The van der Waals surface area contributed by atoms with Crippen molar-refractivity contribution in [3.8, 4) is 0 Å². The minimum atomic E-state index is -0.0524. The Morgan fingerprint density at radius 2 is 1.52 bits per heavy atom. The number of hydrogen-bond donors (Lipinski definition) is 0. The Bertz CT molecular complexity index is 840. The molecule has 0 atom stereocenters. The van der Waals surface area contributed by atoms with Crippen molar-refractivity contribution in [2.45, 2.75) is 58.8 Å². The Morgan fingerprint density at radius 1 is 0.880 bits per heavy atom. The fourth-order valence-electron chi connectivity index (χ4n) is 3.45. The topological polar surface area (TPSA) is 17.1 Å². The van der Waals surface area contributed by atoms with Gasteiger partial charge in [-0.05, 0) is 39.2 Å². The molecule has 3 rings (SSSR count). The van der Waals surface area contributed by atoms with E-state index in [1.165, 1.54) is 16.7 Å². The molecule has 0 unspecified atom stereocenters. The summed E-state index contributed by atoms with van der Waals surface area (Å²) in [6, 6.07) is 14.6. The van der Waals surface area contributed by atoms with Gasteiger partial charge in [0.05, 0.1) is 0 Å². The van der Waals surface area contributed by atoms with Crippen molar-refractivity contribution >= 4 is 11.9 Å². The van der Waals surface area contributed by atoms with Crippen molar-refractivity contribution in [2.75, 3.05) is 0 Å². The van der Waals surface area contributed by atoms with Crippen LogP contribution >= 0.6 is 0 Å². The average molecular weight is 332 g/mol. The summed E-state index contributed by atoms with van der Waals surface area (Å²) in [6.07, 6.45) is 2.78. The molecule has 0 fully saturated rings. The van der Waals surface area contributed by atoms with Crippen LogP contribution < -0.4 is 0 Å². The largest absolute Gasteiger partial charge is 0.289 e. The number of carbonyl (C=O) groups is 1. The van der Waals surface area contributed by atoms with Crippen LogP contribution in [0.3, 0.4) is 0 Å². The van der Waals surface area contributed by atoms with E-state index in [0.717, 1.165) is 23.1 Å². The van der Waals surface area contributed by atoms with E-state index in [4.69, 9.17) is 0 Å². The average Bonchev–Trinajstić information content (AvgIpc) is 2.82. The predicted molar refractivity (Wildman–Crippen MR) is 106 cm³/mol. The van der Waals surface area contributed by atoms with Crippen molar-refractivity contribution in [1.29, 1.82) is 0 Å². The molecule has 0 aliphatic heterocycles. The van der Waals surface area contributed by atoms with Crippen LogP contribution in [-0.2, 0) is 17.3 Å². The van der Waals surface area contributed by atoms with Gasteiger partial charge < -0.3 is 0 Å². The zero-order valence-corrected chi connectivity index (χ0v) is 16.2. The molecule has 0 aromatic heterocycles. The molecule has 1 heteroatoms. The first-order valence-electron chi connectivity index (χ1n) is 9.05. The Hall–Kier alpha value is -2.15. The molecule has 0 amide bonds. The Labute approximate surface area is 151 Å². The number of ketones is 1. The molecule has 2 aromatic carbocycles. The van der Waals surface area contributed by atoms with E-state index >= 15 is 0 Å². The second-order valence-electron chi connectivity index (χ2n) is 9.14. The third-order valence-electron chi connectivity index (χ3n) is 4.93. The van der Waals surface area contributed by atoms with Gasteiger partial charge in [-0.25, -0.2) is 0 Å². The maximum absolute atomic E-state index is 13.2. The number of carbonyl (C=O) groups excluding carboxylic acids is 1. The minimum absolute atomic E-state index is 0.0524. The van der Waals surface area contributed by atoms with Crippen molar-refractivity contribution in [2.24, 2.45) is 0 Å². The number of allylic oxidation sites excluding steroid dienone is 1. The highest BCUT2D eigenvalue weighted by molar-refractivity contribution is 6.16. The second kappa shape index (κ2) is 5.98. The summed E-state index contributed by atoms with van der Waals surface area (Å²) in [6.45, 7) is 13.3. The van der Waals surface area contributed by atoms with Crippen molar-refractivity contribution in [3.63, 3.8) is 0 Å². The van der Waals surface area contributed by atoms with E-state index in [9.17, 15) is 4.79 Å². The molecule has 25 heavy (non-hydrogen) atoms. The molecule has 130 valence electrons. The van der Waals surface area contributed by atoms with Gasteiger partial charge in [0.15, 0.2) is 5.78 Å². The van der Waals surface area contributed by atoms with E-state index < -0.39 is 0 Å². The number of benzene rings is 2. The minimum Gasteiger partial charge on any atom is -0.289 e. The highest BCUT2D eigenvalue weighted by Crippen LogP contribution is 2.39. The summed E-state index contributed by atoms with van der Waals surface area (Å²) in [5, 5.41) is 0. The summed E-state index contributed by atoms with van der Waals surface area (Å²) >= 11 is 0. The maximum atomic E-state index is 13.2. The standard InChI is InChI=1S/C24H28O/c1-23(2,3)19-14-17-13-18(12-16-10-8-7-9-11-16)22(25)21(17)20(15-19)24(4,5)6/h7-12,14-15H,13H2,1-6H3/b18-12+. The zero-order valence-electron chi connectivity index (χ0n) is 16.2. The van der Waals surface area contributed by atoms with Crippen molar-refractivity contribution in [1.82, 2.24) is 0 Å². The zero-order chi connectivity index (χ0) is 18.4. The van der Waals surface area contributed by atoms with Gasteiger partial charge in [-0.15, -0.1) is 0 Å². The third kappa shape index (κ3) is 3.46. The van der Waals surface area contributed by atoms with Crippen LogP contribution in [0.1, 0.15) is 74.2 Å². The van der Waals surface area contributed by atoms with E-state index in [2.05, 4.69) is 65.8 Å². The van der Waals surface area contributed by atoms with Crippen LogP contribution in [0.5, 0.6) is 0 Å². The van der Waals surface area contributed by atoms with E-state index in [1.807, 2.05) is 24.3 Å². The molecule has 1 aliphatic carbocycles. The molecular formula is C24H28O. The first kappa shape index (κ1) is 17.7. The molecule has 1 aliphatic rings. The lowest BCUT2D eigenvalue weighted by molar-refractivity contribution is 0.103. The fourth-order valence-corrected chi connectivity index (χ4v) is 3.45. The molecule has 0 saturated heterocycles. The smallest absolute Gasteiger partial charge is 0.189 e. The molecule has 0 saturated carbocycles. The van der Waals surface area contributed by atoms with Gasteiger partial charge in [0.2, 0.25) is 0 Å². The van der Waals surface area contributed by atoms with Crippen LogP contribution in [0.2, 0.25) is 0 Å². The van der Waals surface area contributed by atoms with Gasteiger partial charge in [-0.3, -0.25) is 4.79 Å². The van der Waals surface area contributed by atoms with Gasteiger partial charge >= 0.3 is 0 Å². The molecule has 0 radical (unpaired) electrons. The van der Waals surface area contributed by atoms with Gasteiger partial charge in [0.1, 0.15) is 0 Å². The number of hydrogen-bond acceptors (Lipinski definition) is 1. The van der Waals surface area contributed by atoms with Crippen molar-refractivity contribution < 1.29 is 4.79 Å². The van der Waals surface area contributed by atoms with Crippen LogP contribution in [0.15, 0.2) is 48.0 Å². The van der Waals surface area contributed by atoms with E-state index in [1.54, 1.807) is 0 Å². The molecule has 1 nitrogen and oxygen atoms in total. The molecular weight excluding hydrogens is 304 g/mol. The van der Waals surface area contributed by atoms with Gasteiger partial charge in [-0.2, -0.15) is 0 Å². The quantitative estimate of drug-likeness (QED) is 0.576. The van der Waals surface area contributed by atoms with Crippen LogP contribution in [0.25, 0.3) is 6.08 Å². The molecule has 0 bridgehead atoms. The summed E-state index contributed by atoms with van der Waals surface area (Å²) in [5.41, 5.74) is 6.62. The summed E-state index contributed by atoms with van der Waals surface area (Å²) in [7, 11) is 0. The predicted octanol–water partition coefficient (Wildman–Crippen LogP) is 6.10. The van der Waals surface area contributed by atoms with E-state index in [0.29, 0.717) is 0 Å². The summed E-state index contributed by atoms with van der Waals surface area (Å²) in [4.78, 5) is 13.2. The summed E-state index contributed by atoms with van der Waals surface area (Å²) in [5.74, 6) is 0.198. The second-order valence-corrected chi connectivity index (χ2v) is 9.14. The number of fused-ring (bicyclic) bond motifs is 1. The van der Waals surface area contributed by atoms with E-state index in [-0.39, 0.29) is 16.6 Å². The monoisotopic (exact) mass is 332 g/mol. The first-order chi connectivity index (χ1) is 11.6. The third-order valence-corrected chi connectivity index (χ3v) is 4.93. The Kier molecular flexibility index (Phi) is 4.23. The van der Waals surface area contributed by atoms with Crippen LogP contribution in [0.4, 0.5) is 0 Å². The molecule has 0 spiro atoms. The Morgan fingerprint density at radius 3 is 2.08 bits per heavy atom. The van der Waals surface area contributed by atoms with Gasteiger partial charge in [-0.1, -0.05) is 84.0 Å². The lowest BCUT2D eigenvalue weighted by atomic mass is 9.77. The number of Topliss-reactive ketones (excluding diaryl/α,β-unsaturated/α-hetero) is 1. The van der Waals surface area contributed by atoms with Crippen LogP contribution in [0, 0.1) is 0 Å².